The van der Waals surface area contributed by atoms with Crippen LogP contribution in [0.1, 0.15) is 45.4 Å². The maximum Gasteiger partial charge on any atom is 0.0835 e. The molecular weight excluding hydrogens is 162 g/mol. The first kappa shape index (κ1) is 9.47. The Balaban J connectivity index is 2.06. The molecule has 0 aromatic rings. The van der Waals surface area contributed by atoms with Crippen LogP contribution in [0, 0.1) is 0 Å². The predicted octanol–water partition coefficient (Wildman–Crippen LogP) is 2.09. The molecule has 1 unspecified atom stereocenters. The molecule has 1 spiro atoms. The third-order valence-electron chi connectivity index (χ3n) is 3.63. The Morgan fingerprint density at radius 3 is 2.77 bits per heavy atom. The van der Waals surface area contributed by atoms with E-state index in [0.29, 0.717) is 6.04 Å². The first-order valence-electron chi connectivity index (χ1n) is 5.75. The van der Waals surface area contributed by atoms with E-state index in [-0.39, 0.29) is 5.60 Å². The fraction of sp³-hybridized carbons (Fsp3) is 1.00. The van der Waals surface area contributed by atoms with Gasteiger partial charge >= 0.3 is 0 Å². The molecule has 0 bridgehead atoms. The average molecular weight is 183 g/mol. The molecule has 76 valence electrons. The van der Waals surface area contributed by atoms with Crippen LogP contribution in [0.3, 0.4) is 0 Å². The van der Waals surface area contributed by atoms with Crippen LogP contribution >= 0.6 is 0 Å². The number of ether oxygens (including phenoxy) is 1. The lowest BCUT2D eigenvalue weighted by Crippen LogP contribution is -2.58. The van der Waals surface area contributed by atoms with Crippen molar-refractivity contribution in [3.63, 3.8) is 0 Å². The third kappa shape index (κ3) is 1.75. The van der Waals surface area contributed by atoms with Crippen molar-refractivity contribution in [2.75, 3.05) is 13.2 Å². The molecule has 0 aromatic carbocycles. The van der Waals surface area contributed by atoms with Crippen LogP contribution in [0.2, 0.25) is 0 Å². The zero-order chi connectivity index (χ0) is 9.15. The van der Waals surface area contributed by atoms with Gasteiger partial charge in [0.15, 0.2) is 0 Å². The predicted molar refractivity (Wildman–Crippen MR) is 53.8 cm³/mol. The molecule has 1 aliphatic carbocycles. The summed E-state index contributed by atoms with van der Waals surface area (Å²) in [4.78, 5) is 0. The van der Waals surface area contributed by atoms with Gasteiger partial charge in [0.25, 0.3) is 0 Å². The molecule has 13 heavy (non-hydrogen) atoms. The molecule has 1 aliphatic heterocycles. The fourth-order valence-corrected chi connectivity index (χ4v) is 2.93. The van der Waals surface area contributed by atoms with Gasteiger partial charge in [-0.3, -0.25) is 0 Å². The number of nitrogens with one attached hydrogen (secondary N) is 1. The Morgan fingerprint density at radius 2 is 2.08 bits per heavy atom. The summed E-state index contributed by atoms with van der Waals surface area (Å²) in [7, 11) is 0. The number of hydrogen-bond acceptors (Lipinski definition) is 2. The van der Waals surface area contributed by atoms with Crippen molar-refractivity contribution >= 4 is 0 Å². The Hall–Kier alpha value is -0.0800. The molecule has 0 radical (unpaired) electrons. The Bertz CT molecular complexity index is 155. The highest BCUT2D eigenvalue weighted by Crippen LogP contribution is 2.36. The lowest BCUT2D eigenvalue weighted by atomic mass is 9.77. The van der Waals surface area contributed by atoms with Crippen LogP contribution in [0.5, 0.6) is 0 Å². The van der Waals surface area contributed by atoms with Gasteiger partial charge in [-0.25, -0.2) is 0 Å². The Labute approximate surface area is 81.0 Å². The summed E-state index contributed by atoms with van der Waals surface area (Å²) in [6, 6.07) is 0.613. The van der Waals surface area contributed by atoms with Crippen molar-refractivity contribution in [3.05, 3.63) is 0 Å². The van der Waals surface area contributed by atoms with Crippen molar-refractivity contribution in [1.82, 2.24) is 5.32 Å². The van der Waals surface area contributed by atoms with Crippen molar-refractivity contribution < 1.29 is 4.74 Å². The first-order chi connectivity index (χ1) is 6.37. The standard InChI is InChI=1S/C11H21NO/c1-2-10-11(13-9-8-12-10)6-4-3-5-7-11/h10,12H,2-9H2,1H3. The molecule has 1 atom stereocenters. The third-order valence-corrected chi connectivity index (χ3v) is 3.63. The van der Waals surface area contributed by atoms with Crippen molar-refractivity contribution in [1.29, 1.82) is 0 Å². The topological polar surface area (TPSA) is 21.3 Å². The van der Waals surface area contributed by atoms with Gasteiger partial charge in [-0.1, -0.05) is 26.2 Å². The average Bonchev–Trinajstić information content (AvgIpc) is 2.20. The summed E-state index contributed by atoms with van der Waals surface area (Å²) in [6.45, 7) is 4.22. The summed E-state index contributed by atoms with van der Waals surface area (Å²) in [5.41, 5.74) is 0.214. The largest absolute Gasteiger partial charge is 0.372 e. The second-order valence-corrected chi connectivity index (χ2v) is 4.39. The minimum absolute atomic E-state index is 0.214. The van der Waals surface area contributed by atoms with Crippen LogP contribution in [0.4, 0.5) is 0 Å². The molecule has 0 amide bonds. The first-order valence-corrected chi connectivity index (χ1v) is 5.75. The molecule has 2 rings (SSSR count). The van der Waals surface area contributed by atoms with E-state index in [1.165, 1.54) is 38.5 Å². The molecule has 2 heteroatoms. The van der Waals surface area contributed by atoms with Gasteiger partial charge in [0.2, 0.25) is 0 Å². The van der Waals surface area contributed by atoms with Gasteiger partial charge in [-0.05, 0) is 19.3 Å². The number of hydrogen-bond donors (Lipinski definition) is 1. The van der Waals surface area contributed by atoms with Gasteiger partial charge < -0.3 is 10.1 Å². The zero-order valence-electron chi connectivity index (χ0n) is 8.64. The Kier molecular flexibility index (Phi) is 2.89. The van der Waals surface area contributed by atoms with Crippen LogP contribution in [-0.4, -0.2) is 24.8 Å². The molecule has 2 aliphatic rings. The van der Waals surface area contributed by atoms with E-state index in [1.807, 2.05) is 0 Å². The molecule has 1 saturated heterocycles. The van der Waals surface area contributed by atoms with Gasteiger partial charge in [-0.15, -0.1) is 0 Å². The number of rotatable bonds is 1. The van der Waals surface area contributed by atoms with Gasteiger partial charge in [0.05, 0.1) is 12.2 Å². The van der Waals surface area contributed by atoms with Crippen LogP contribution in [0.25, 0.3) is 0 Å². The lowest BCUT2D eigenvalue weighted by molar-refractivity contribution is -0.118. The molecule has 2 nitrogen and oxygen atoms in total. The van der Waals surface area contributed by atoms with E-state index in [9.17, 15) is 0 Å². The summed E-state index contributed by atoms with van der Waals surface area (Å²) >= 11 is 0. The van der Waals surface area contributed by atoms with E-state index < -0.39 is 0 Å². The molecule has 1 heterocycles. The Morgan fingerprint density at radius 1 is 1.31 bits per heavy atom. The van der Waals surface area contributed by atoms with E-state index in [4.69, 9.17) is 4.74 Å². The SMILES string of the molecule is CCC1NCCOC12CCCCC2. The van der Waals surface area contributed by atoms with Crippen molar-refractivity contribution in [3.8, 4) is 0 Å². The molecular formula is C11H21NO. The molecule has 0 aromatic heterocycles. The van der Waals surface area contributed by atoms with Crippen LogP contribution < -0.4 is 5.32 Å². The molecule has 1 saturated carbocycles. The van der Waals surface area contributed by atoms with Gasteiger partial charge in [0, 0.05) is 12.6 Å². The smallest absolute Gasteiger partial charge is 0.0835 e. The fourth-order valence-electron chi connectivity index (χ4n) is 2.93. The highest BCUT2D eigenvalue weighted by Gasteiger charge is 2.41. The molecule has 2 fully saturated rings. The summed E-state index contributed by atoms with van der Waals surface area (Å²) in [5, 5.41) is 3.60. The van der Waals surface area contributed by atoms with E-state index in [1.54, 1.807) is 0 Å². The van der Waals surface area contributed by atoms with Crippen molar-refractivity contribution in [2.45, 2.75) is 57.1 Å². The normalized spacial score (nSPS) is 33.5. The minimum atomic E-state index is 0.214. The quantitative estimate of drug-likeness (QED) is 0.672. The van der Waals surface area contributed by atoms with E-state index >= 15 is 0 Å². The van der Waals surface area contributed by atoms with E-state index in [0.717, 1.165) is 13.2 Å². The highest BCUT2D eigenvalue weighted by molar-refractivity contribution is 4.96. The maximum atomic E-state index is 6.05. The van der Waals surface area contributed by atoms with Gasteiger partial charge in [-0.2, -0.15) is 0 Å². The minimum Gasteiger partial charge on any atom is -0.372 e. The maximum absolute atomic E-state index is 6.05. The lowest BCUT2D eigenvalue weighted by Gasteiger charge is -2.46. The van der Waals surface area contributed by atoms with Crippen molar-refractivity contribution in [2.24, 2.45) is 0 Å². The second-order valence-electron chi connectivity index (χ2n) is 4.39. The number of morpholine rings is 1. The second kappa shape index (κ2) is 3.97. The van der Waals surface area contributed by atoms with Crippen LogP contribution in [-0.2, 0) is 4.74 Å². The van der Waals surface area contributed by atoms with Gasteiger partial charge in [0.1, 0.15) is 0 Å². The highest BCUT2D eigenvalue weighted by atomic mass is 16.5. The summed E-state index contributed by atoms with van der Waals surface area (Å²) in [6.07, 6.45) is 7.88. The zero-order valence-corrected chi connectivity index (χ0v) is 8.64. The van der Waals surface area contributed by atoms with Crippen LogP contribution in [0.15, 0.2) is 0 Å². The van der Waals surface area contributed by atoms with E-state index in [2.05, 4.69) is 12.2 Å². The summed E-state index contributed by atoms with van der Waals surface area (Å²) in [5.74, 6) is 0. The summed E-state index contributed by atoms with van der Waals surface area (Å²) < 4.78 is 6.05. The molecule has 1 N–H and O–H groups in total. The monoisotopic (exact) mass is 183 g/mol.